The van der Waals surface area contributed by atoms with Crippen LogP contribution in [-0.4, -0.2) is 31.7 Å². The Kier molecular flexibility index (Phi) is 4.01. The minimum atomic E-state index is -1.53. The average molecular weight is 258 g/mol. The van der Waals surface area contributed by atoms with Gasteiger partial charge in [-0.25, -0.2) is 0 Å². The first-order valence-corrected chi connectivity index (χ1v) is 9.71. The molecule has 1 saturated heterocycles. The maximum atomic E-state index is 12.0. The van der Waals surface area contributed by atoms with Crippen LogP contribution in [0, 0.1) is 5.41 Å². The van der Waals surface area contributed by atoms with E-state index in [0.717, 1.165) is 0 Å². The Bertz CT molecular complexity index is 321. The first kappa shape index (κ1) is 14.2. The fraction of sp³-hybridized carbons (Fsp3) is 0.833. The van der Waals surface area contributed by atoms with Gasteiger partial charge in [0.05, 0.1) is 20.1 Å². The quantitative estimate of drug-likeness (QED) is 0.608. The monoisotopic (exact) mass is 258 g/mol. The highest BCUT2D eigenvalue weighted by molar-refractivity contribution is 6.78. The highest BCUT2D eigenvalue weighted by atomic mass is 28.3. The van der Waals surface area contributed by atoms with E-state index in [9.17, 15) is 9.59 Å². The van der Waals surface area contributed by atoms with Crippen LogP contribution in [0.1, 0.15) is 26.2 Å². The Morgan fingerprint density at radius 2 is 2.12 bits per heavy atom. The van der Waals surface area contributed by atoms with Gasteiger partial charge in [-0.15, -0.1) is 0 Å². The predicted molar refractivity (Wildman–Crippen MR) is 67.6 cm³/mol. The average Bonchev–Trinajstić information content (AvgIpc) is 2.53. The molecule has 0 amide bonds. The van der Waals surface area contributed by atoms with Crippen molar-refractivity contribution in [2.24, 2.45) is 5.41 Å². The molecule has 1 fully saturated rings. The second-order valence-corrected chi connectivity index (χ2v) is 11.3. The molecule has 1 N–H and O–H groups in total. The van der Waals surface area contributed by atoms with E-state index in [2.05, 4.69) is 19.6 Å². The van der Waals surface area contributed by atoms with Gasteiger partial charge in [-0.2, -0.15) is 0 Å². The minimum Gasteiger partial charge on any atom is -0.481 e. The molecule has 0 aromatic heterocycles. The molecule has 1 heterocycles. The number of ether oxygens (including phenoxy) is 1. The summed E-state index contributed by atoms with van der Waals surface area (Å²) in [4.78, 5) is 22.7. The molecule has 1 rings (SSSR count). The zero-order valence-electron chi connectivity index (χ0n) is 11.1. The summed E-state index contributed by atoms with van der Waals surface area (Å²) in [7, 11) is -1.53. The summed E-state index contributed by atoms with van der Waals surface area (Å²) in [5, 5.41) is 8.82. The number of aliphatic carboxylic acids is 1. The van der Waals surface area contributed by atoms with E-state index in [1.807, 2.05) is 6.92 Å². The van der Waals surface area contributed by atoms with Crippen LogP contribution in [0.3, 0.4) is 0 Å². The van der Waals surface area contributed by atoms with Crippen LogP contribution in [0.4, 0.5) is 0 Å². The van der Waals surface area contributed by atoms with Crippen molar-refractivity contribution in [3.63, 3.8) is 0 Å². The molecule has 1 aliphatic rings. The van der Waals surface area contributed by atoms with E-state index in [0.29, 0.717) is 19.4 Å². The fourth-order valence-corrected chi connectivity index (χ4v) is 5.56. The summed E-state index contributed by atoms with van der Waals surface area (Å²) in [6.07, 6.45) is 1.13. The Morgan fingerprint density at radius 3 is 2.53 bits per heavy atom. The number of cyclic esters (lactones) is 1. The van der Waals surface area contributed by atoms with Gasteiger partial charge in [-0.05, 0) is 12.8 Å². The van der Waals surface area contributed by atoms with Crippen molar-refractivity contribution in [2.45, 2.75) is 51.4 Å². The molecule has 2 atom stereocenters. The van der Waals surface area contributed by atoms with Gasteiger partial charge in [0.2, 0.25) is 0 Å². The van der Waals surface area contributed by atoms with Gasteiger partial charge in [-0.1, -0.05) is 26.6 Å². The Morgan fingerprint density at radius 1 is 1.53 bits per heavy atom. The largest absolute Gasteiger partial charge is 0.481 e. The Hall–Kier alpha value is -0.843. The van der Waals surface area contributed by atoms with Crippen LogP contribution in [0.15, 0.2) is 0 Å². The van der Waals surface area contributed by atoms with Crippen LogP contribution >= 0.6 is 0 Å². The number of carbonyl (C=O) groups is 2. The van der Waals surface area contributed by atoms with Crippen LogP contribution < -0.4 is 0 Å². The SMILES string of the molecule is CC[C@@]1(CCC(=O)O)C(=O)OCC1[Si](C)(C)C. The lowest BCUT2D eigenvalue weighted by molar-refractivity contribution is -0.147. The molecule has 1 aliphatic heterocycles. The Labute approximate surface area is 103 Å². The number of hydrogen-bond donors (Lipinski definition) is 1. The zero-order valence-corrected chi connectivity index (χ0v) is 12.1. The van der Waals surface area contributed by atoms with Crippen molar-refractivity contribution in [3.05, 3.63) is 0 Å². The highest BCUT2D eigenvalue weighted by Crippen LogP contribution is 2.51. The summed E-state index contributed by atoms with van der Waals surface area (Å²) in [5.74, 6) is -1.03. The molecular weight excluding hydrogens is 236 g/mol. The van der Waals surface area contributed by atoms with Crippen molar-refractivity contribution in [1.82, 2.24) is 0 Å². The second-order valence-electron chi connectivity index (χ2n) is 5.92. The molecule has 0 aromatic carbocycles. The molecular formula is C12H22O4Si. The molecule has 0 saturated carbocycles. The maximum Gasteiger partial charge on any atom is 0.312 e. The number of rotatable bonds is 5. The number of carboxylic acid groups (broad SMARTS) is 1. The fourth-order valence-electron chi connectivity index (χ4n) is 2.86. The lowest BCUT2D eigenvalue weighted by atomic mass is 9.79. The van der Waals surface area contributed by atoms with Crippen LogP contribution in [0.5, 0.6) is 0 Å². The summed E-state index contributed by atoms with van der Waals surface area (Å²) in [6, 6.07) is 0. The van der Waals surface area contributed by atoms with Gasteiger partial charge in [0.25, 0.3) is 0 Å². The zero-order chi connectivity index (χ0) is 13.3. The van der Waals surface area contributed by atoms with E-state index in [1.54, 1.807) is 0 Å². The van der Waals surface area contributed by atoms with E-state index >= 15 is 0 Å². The van der Waals surface area contributed by atoms with Crippen molar-refractivity contribution in [2.75, 3.05) is 6.61 Å². The minimum absolute atomic E-state index is 0.0456. The van der Waals surface area contributed by atoms with Gasteiger partial charge in [0, 0.05) is 12.0 Å². The second kappa shape index (κ2) is 4.80. The molecule has 5 heteroatoms. The molecule has 17 heavy (non-hydrogen) atoms. The van der Waals surface area contributed by atoms with Gasteiger partial charge in [0.15, 0.2) is 0 Å². The van der Waals surface area contributed by atoms with E-state index in [-0.39, 0.29) is 17.9 Å². The summed E-state index contributed by atoms with van der Waals surface area (Å²) in [6.45, 7) is 9.07. The lowest BCUT2D eigenvalue weighted by Gasteiger charge is -2.36. The van der Waals surface area contributed by atoms with E-state index in [1.165, 1.54) is 0 Å². The van der Waals surface area contributed by atoms with Gasteiger partial charge in [-0.3, -0.25) is 9.59 Å². The maximum absolute atomic E-state index is 12.0. The first-order valence-electron chi connectivity index (χ1n) is 6.13. The van der Waals surface area contributed by atoms with Crippen molar-refractivity contribution in [1.29, 1.82) is 0 Å². The summed E-state index contributed by atoms with van der Waals surface area (Å²) < 4.78 is 5.23. The third kappa shape index (κ3) is 2.70. The third-order valence-corrected chi connectivity index (χ3v) is 6.73. The predicted octanol–water partition coefficient (Wildman–Crippen LogP) is 2.51. The first-order chi connectivity index (χ1) is 7.74. The summed E-state index contributed by atoms with van der Waals surface area (Å²) in [5.41, 5.74) is -0.324. The van der Waals surface area contributed by atoms with Gasteiger partial charge in [0.1, 0.15) is 0 Å². The molecule has 98 valence electrons. The lowest BCUT2D eigenvalue weighted by Crippen LogP contribution is -2.42. The molecule has 0 aliphatic carbocycles. The topological polar surface area (TPSA) is 63.6 Å². The van der Waals surface area contributed by atoms with Gasteiger partial charge >= 0.3 is 11.9 Å². The standard InChI is InChI=1S/C12H22O4Si/c1-5-12(7-6-10(13)14)9(17(2,3)4)8-16-11(12)15/h9H,5-8H2,1-4H3,(H,13,14)/t9?,12-/m0/s1. The molecule has 0 spiro atoms. The highest BCUT2D eigenvalue weighted by Gasteiger charge is 2.55. The molecule has 1 unspecified atom stereocenters. The number of carbonyl (C=O) groups excluding carboxylic acids is 1. The van der Waals surface area contributed by atoms with E-state index in [4.69, 9.17) is 9.84 Å². The summed E-state index contributed by atoms with van der Waals surface area (Å²) >= 11 is 0. The normalized spacial score (nSPS) is 29.2. The van der Waals surface area contributed by atoms with Crippen LogP contribution in [0.25, 0.3) is 0 Å². The van der Waals surface area contributed by atoms with Gasteiger partial charge < -0.3 is 9.84 Å². The molecule has 0 radical (unpaired) electrons. The molecule has 0 bridgehead atoms. The molecule has 0 aromatic rings. The Balaban J connectivity index is 2.98. The van der Waals surface area contributed by atoms with E-state index < -0.39 is 19.5 Å². The van der Waals surface area contributed by atoms with Crippen LogP contribution in [-0.2, 0) is 14.3 Å². The van der Waals surface area contributed by atoms with Crippen molar-refractivity contribution in [3.8, 4) is 0 Å². The number of esters is 1. The van der Waals surface area contributed by atoms with Crippen molar-refractivity contribution >= 4 is 20.0 Å². The molecule has 4 nitrogen and oxygen atoms in total. The number of hydrogen-bond acceptors (Lipinski definition) is 3. The van der Waals surface area contributed by atoms with Crippen molar-refractivity contribution < 1.29 is 19.4 Å². The van der Waals surface area contributed by atoms with Crippen LogP contribution in [0.2, 0.25) is 25.2 Å². The third-order valence-electron chi connectivity index (χ3n) is 3.92. The smallest absolute Gasteiger partial charge is 0.312 e. The number of carboxylic acids is 1.